The Morgan fingerprint density at radius 1 is 1.26 bits per heavy atom. The molecule has 3 N–H and O–H groups in total. The van der Waals surface area contributed by atoms with E-state index >= 15 is 0 Å². The lowest BCUT2D eigenvalue weighted by atomic mass is 9.99. The number of carboxylic acids is 1. The molecule has 0 radical (unpaired) electrons. The minimum Gasteiger partial charge on any atom is -0.481 e. The third-order valence-corrected chi connectivity index (χ3v) is 3.41. The zero-order chi connectivity index (χ0) is 14.1. The second-order valence-corrected chi connectivity index (χ2v) is 5.07. The molecule has 2 amide bonds. The Morgan fingerprint density at radius 3 is 2.74 bits per heavy atom. The number of hydrogen-bond acceptors (Lipinski definition) is 3. The summed E-state index contributed by atoms with van der Waals surface area (Å²) in [5, 5.41) is 20.4. The Hall–Kier alpha value is -1.30. The molecule has 1 saturated heterocycles. The molecule has 6 nitrogen and oxygen atoms in total. The maximum Gasteiger partial charge on any atom is 0.317 e. The number of aliphatic hydroxyl groups excluding tert-OH is 1. The van der Waals surface area contributed by atoms with Crippen LogP contribution in [0.3, 0.4) is 0 Å². The number of hydrogen-bond donors (Lipinski definition) is 3. The van der Waals surface area contributed by atoms with E-state index in [1.165, 1.54) is 0 Å². The third kappa shape index (κ3) is 6.42. The van der Waals surface area contributed by atoms with E-state index in [2.05, 4.69) is 5.32 Å². The molecule has 0 aromatic rings. The largest absolute Gasteiger partial charge is 0.481 e. The van der Waals surface area contributed by atoms with E-state index in [1.54, 1.807) is 4.90 Å². The van der Waals surface area contributed by atoms with Crippen molar-refractivity contribution in [1.29, 1.82) is 0 Å². The smallest absolute Gasteiger partial charge is 0.317 e. The van der Waals surface area contributed by atoms with Crippen LogP contribution in [0.5, 0.6) is 0 Å². The summed E-state index contributed by atoms with van der Waals surface area (Å²) in [6.45, 7) is 2.10. The molecule has 0 aliphatic carbocycles. The van der Waals surface area contributed by atoms with E-state index in [1.807, 2.05) is 0 Å². The summed E-state index contributed by atoms with van der Waals surface area (Å²) in [5.74, 6) is -0.567. The van der Waals surface area contributed by atoms with Crippen LogP contribution in [0.4, 0.5) is 4.79 Å². The highest BCUT2D eigenvalue weighted by molar-refractivity contribution is 5.74. The Balaban J connectivity index is 2.08. The molecule has 1 atom stereocenters. The Bertz CT molecular complexity index is 296. The van der Waals surface area contributed by atoms with Gasteiger partial charge in [0.1, 0.15) is 0 Å². The van der Waals surface area contributed by atoms with Crippen LogP contribution in [-0.2, 0) is 4.79 Å². The van der Waals surface area contributed by atoms with Crippen LogP contribution < -0.4 is 5.32 Å². The summed E-state index contributed by atoms with van der Waals surface area (Å²) in [5.41, 5.74) is 0. The third-order valence-electron chi connectivity index (χ3n) is 3.41. The number of aliphatic hydroxyl groups is 1. The first-order chi connectivity index (χ1) is 9.13. The van der Waals surface area contributed by atoms with Gasteiger partial charge in [-0.15, -0.1) is 0 Å². The van der Waals surface area contributed by atoms with Gasteiger partial charge in [0.15, 0.2) is 0 Å². The Labute approximate surface area is 113 Å². The van der Waals surface area contributed by atoms with Crippen LogP contribution in [0.1, 0.15) is 38.5 Å². The van der Waals surface area contributed by atoms with Crippen LogP contribution in [0, 0.1) is 5.92 Å². The van der Waals surface area contributed by atoms with Gasteiger partial charge in [0.25, 0.3) is 0 Å². The molecule has 1 rings (SSSR count). The van der Waals surface area contributed by atoms with Gasteiger partial charge in [-0.1, -0.05) is 6.42 Å². The molecule has 0 saturated carbocycles. The second kappa shape index (κ2) is 8.74. The fraction of sp³-hybridized carbons (Fsp3) is 0.846. The molecule has 0 aromatic heterocycles. The lowest BCUT2D eigenvalue weighted by Crippen LogP contribution is -2.46. The van der Waals surface area contributed by atoms with Gasteiger partial charge < -0.3 is 20.4 Å². The van der Waals surface area contributed by atoms with Gasteiger partial charge >= 0.3 is 12.0 Å². The maximum atomic E-state index is 11.8. The molecule has 1 aliphatic heterocycles. The number of carbonyl (C=O) groups excluding carboxylic acids is 1. The van der Waals surface area contributed by atoms with Gasteiger partial charge in [0, 0.05) is 32.7 Å². The molecule has 6 heteroatoms. The van der Waals surface area contributed by atoms with Crippen molar-refractivity contribution in [1.82, 2.24) is 10.2 Å². The van der Waals surface area contributed by atoms with E-state index < -0.39 is 5.97 Å². The number of carbonyl (C=O) groups is 2. The van der Waals surface area contributed by atoms with E-state index in [9.17, 15) is 9.59 Å². The van der Waals surface area contributed by atoms with E-state index in [-0.39, 0.29) is 25.0 Å². The number of urea groups is 1. The quantitative estimate of drug-likeness (QED) is 0.604. The van der Waals surface area contributed by atoms with Gasteiger partial charge in [-0.2, -0.15) is 0 Å². The molecule has 1 unspecified atom stereocenters. The number of likely N-dealkylation sites (tertiary alicyclic amines) is 1. The number of nitrogens with zero attached hydrogens (tertiary/aromatic N) is 1. The van der Waals surface area contributed by atoms with Crippen molar-refractivity contribution >= 4 is 12.0 Å². The molecule has 19 heavy (non-hydrogen) atoms. The Kier molecular flexibility index (Phi) is 7.25. The van der Waals surface area contributed by atoms with Crippen LogP contribution in [0.2, 0.25) is 0 Å². The molecule has 1 fully saturated rings. The molecule has 1 aliphatic rings. The normalized spacial score (nSPS) is 19.2. The minimum atomic E-state index is -0.771. The predicted molar refractivity (Wildman–Crippen MR) is 70.9 cm³/mol. The van der Waals surface area contributed by atoms with Gasteiger partial charge in [0.05, 0.1) is 0 Å². The number of piperidine rings is 1. The predicted octanol–water partition coefficient (Wildman–Crippen LogP) is 1.05. The lowest BCUT2D eigenvalue weighted by Gasteiger charge is -2.31. The highest BCUT2D eigenvalue weighted by Gasteiger charge is 2.22. The number of rotatable bonds is 7. The monoisotopic (exact) mass is 272 g/mol. The van der Waals surface area contributed by atoms with E-state index in [0.717, 1.165) is 32.2 Å². The zero-order valence-corrected chi connectivity index (χ0v) is 11.3. The average Bonchev–Trinajstić information content (AvgIpc) is 2.42. The topological polar surface area (TPSA) is 89.9 Å². The number of carboxylic acid groups (broad SMARTS) is 1. The highest BCUT2D eigenvalue weighted by atomic mass is 16.4. The van der Waals surface area contributed by atoms with Gasteiger partial charge in [0.2, 0.25) is 0 Å². The van der Waals surface area contributed by atoms with Gasteiger partial charge in [-0.25, -0.2) is 4.79 Å². The Morgan fingerprint density at radius 2 is 2.05 bits per heavy atom. The first-order valence-corrected chi connectivity index (χ1v) is 6.99. The van der Waals surface area contributed by atoms with Crippen LogP contribution in [0.15, 0.2) is 0 Å². The lowest BCUT2D eigenvalue weighted by molar-refractivity contribution is -0.137. The van der Waals surface area contributed by atoms with Crippen molar-refractivity contribution in [2.45, 2.75) is 38.5 Å². The van der Waals surface area contributed by atoms with Crippen molar-refractivity contribution in [3.05, 3.63) is 0 Å². The van der Waals surface area contributed by atoms with Crippen LogP contribution >= 0.6 is 0 Å². The minimum absolute atomic E-state index is 0.0728. The number of aliphatic carboxylic acids is 1. The van der Waals surface area contributed by atoms with Crippen molar-refractivity contribution in [2.24, 2.45) is 5.92 Å². The molecular formula is C13H24N2O4. The molecule has 110 valence electrons. The zero-order valence-electron chi connectivity index (χ0n) is 11.3. The number of amides is 2. The van der Waals surface area contributed by atoms with Crippen molar-refractivity contribution in [3.8, 4) is 0 Å². The molecule has 0 aromatic carbocycles. The fourth-order valence-corrected chi connectivity index (χ4v) is 2.28. The molecule has 0 bridgehead atoms. The van der Waals surface area contributed by atoms with Gasteiger partial charge in [-0.3, -0.25) is 4.79 Å². The standard InChI is InChI=1S/C13H24N2O4/c16-10-11-5-4-8-15(9-11)13(19)14-7-3-1-2-6-12(17)18/h11,16H,1-10H2,(H,14,19)(H,17,18). The molecule has 1 heterocycles. The summed E-state index contributed by atoms with van der Waals surface area (Å²) in [7, 11) is 0. The first-order valence-electron chi connectivity index (χ1n) is 6.99. The van der Waals surface area contributed by atoms with E-state index in [0.29, 0.717) is 19.5 Å². The first kappa shape index (κ1) is 15.8. The van der Waals surface area contributed by atoms with E-state index in [4.69, 9.17) is 10.2 Å². The summed E-state index contributed by atoms with van der Waals surface area (Å²) in [6.07, 6.45) is 4.38. The van der Waals surface area contributed by atoms with Crippen molar-refractivity contribution < 1.29 is 19.8 Å². The fourth-order valence-electron chi connectivity index (χ4n) is 2.28. The number of nitrogens with one attached hydrogen (secondary N) is 1. The summed E-state index contributed by atoms with van der Waals surface area (Å²) < 4.78 is 0. The maximum absolute atomic E-state index is 11.8. The van der Waals surface area contributed by atoms with Crippen LogP contribution in [0.25, 0.3) is 0 Å². The van der Waals surface area contributed by atoms with Crippen molar-refractivity contribution in [2.75, 3.05) is 26.2 Å². The van der Waals surface area contributed by atoms with Gasteiger partial charge in [-0.05, 0) is 31.6 Å². The summed E-state index contributed by atoms with van der Waals surface area (Å²) in [4.78, 5) is 23.9. The average molecular weight is 272 g/mol. The second-order valence-electron chi connectivity index (χ2n) is 5.07. The molecular weight excluding hydrogens is 248 g/mol. The summed E-state index contributed by atoms with van der Waals surface area (Å²) in [6, 6.07) is -0.0728. The highest BCUT2D eigenvalue weighted by Crippen LogP contribution is 2.15. The van der Waals surface area contributed by atoms with Crippen molar-refractivity contribution in [3.63, 3.8) is 0 Å². The number of unbranched alkanes of at least 4 members (excludes halogenated alkanes) is 2. The summed E-state index contributed by atoms with van der Waals surface area (Å²) >= 11 is 0. The van der Waals surface area contributed by atoms with Crippen LogP contribution in [-0.4, -0.2) is 53.4 Å². The SMILES string of the molecule is O=C(O)CCCCCNC(=O)N1CCCC(CO)C1. The molecule has 0 spiro atoms.